The number of allylic oxidation sites excluding steroid dienone is 2. The first-order valence-corrected chi connectivity index (χ1v) is 13.6. The molecule has 3 rings (SSSR count). The third-order valence-electron chi connectivity index (χ3n) is 7.22. The molecule has 37 heavy (non-hydrogen) atoms. The van der Waals surface area contributed by atoms with Gasteiger partial charge in [-0.2, -0.15) is 0 Å². The van der Waals surface area contributed by atoms with Crippen molar-refractivity contribution >= 4 is 17.8 Å². The third-order valence-corrected chi connectivity index (χ3v) is 7.22. The summed E-state index contributed by atoms with van der Waals surface area (Å²) in [5.74, 6) is -1.31. The topological polar surface area (TPSA) is 114 Å². The van der Waals surface area contributed by atoms with E-state index in [1.807, 2.05) is 42.5 Å². The highest BCUT2D eigenvalue weighted by Gasteiger charge is 2.39. The van der Waals surface area contributed by atoms with Crippen molar-refractivity contribution in [2.24, 2.45) is 11.8 Å². The number of hydrogen-bond donors (Lipinski definition) is 3. The van der Waals surface area contributed by atoms with Gasteiger partial charge in [-0.05, 0) is 50.5 Å². The van der Waals surface area contributed by atoms with Crippen molar-refractivity contribution in [3.8, 4) is 0 Å². The lowest BCUT2D eigenvalue weighted by Gasteiger charge is -2.32. The molecule has 1 aromatic carbocycles. The highest BCUT2D eigenvalue weighted by atomic mass is 16.5. The Kier molecular flexibility index (Phi) is 12.1. The highest BCUT2D eigenvalue weighted by molar-refractivity contribution is 5.86. The number of rotatable bonds is 9. The minimum atomic E-state index is -0.579. The molecule has 204 valence electrons. The molecule has 0 saturated heterocycles. The fraction of sp³-hybridized carbons (Fsp3) is 0.621. The molecule has 8 nitrogen and oxygen atoms in total. The number of benzene rings is 1. The second kappa shape index (κ2) is 15.5. The summed E-state index contributed by atoms with van der Waals surface area (Å²) in [6, 6.07) is 10.0. The van der Waals surface area contributed by atoms with Crippen LogP contribution < -0.4 is 10.6 Å². The number of aliphatic hydroxyl groups excluding tert-OH is 1. The molecule has 1 aliphatic carbocycles. The van der Waals surface area contributed by atoms with Gasteiger partial charge in [0.1, 0.15) is 6.61 Å². The summed E-state index contributed by atoms with van der Waals surface area (Å²) in [6.45, 7) is 0.967. The van der Waals surface area contributed by atoms with Gasteiger partial charge in [0.25, 0.3) is 0 Å². The monoisotopic (exact) mass is 514 g/mol. The smallest absolute Gasteiger partial charge is 0.309 e. The van der Waals surface area contributed by atoms with Crippen LogP contribution in [0.2, 0.25) is 0 Å². The van der Waals surface area contributed by atoms with Crippen LogP contribution in [0.5, 0.6) is 0 Å². The predicted molar refractivity (Wildman–Crippen MR) is 141 cm³/mol. The van der Waals surface area contributed by atoms with Crippen LogP contribution in [-0.2, 0) is 30.3 Å². The maximum absolute atomic E-state index is 13.4. The Morgan fingerprint density at radius 3 is 2.62 bits per heavy atom. The van der Waals surface area contributed by atoms with E-state index in [2.05, 4.69) is 10.6 Å². The van der Waals surface area contributed by atoms with Crippen molar-refractivity contribution in [3.63, 3.8) is 0 Å². The van der Waals surface area contributed by atoms with Gasteiger partial charge in [-0.25, -0.2) is 0 Å². The number of esters is 1. The SMILES string of the molecule is O=C(C[C@H]1CC=CCCC[C@H](Cc2ccccc2)C(=O)OCC2(CCCC2)NC1=O)NCCOCCO. The lowest BCUT2D eigenvalue weighted by Crippen LogP contribution is -2.52. The molecule has 8 heteroatoms. The van der Waals surface area contributed by atoms with E-state index in [0.717, 1.165) is 50.5 Å². The second-order valence-corrected chi connectivity index (χ2v) is 10.2. The van der Waals surface area contributed by atoms with E-state index in [1.165, 1.54) is 0 Å². The number of cyclic esters (lactones) is 1. The average molecular weight is 515 g/mol. The van der Waals surface area contributed by atoms with E-state index in [4.69, 9.17) is 14.6 Å². The number of amides is 2. The molecule has 1 heterocycles. The fourth-order valence-electron chi connectivity index (χ4n) is 5.12. The second-order valence-electron chi connectivity index (χ2n) is 10.2. The molecule has 1 saturated carbocycles. The predicted octanol–water partition coefficient (Wildman–Crippen LogP) is 3.08. The first-order valence-electron chi connectivity index (χ1n) is 13.6. The van der Waals surface area contributed by atoms with E-state index < -0.39 is 11.5 Å². The molecule has 0 aromatic heterocycles. The maximum atomic E-state index is 13.4. The van der Waals surface area contributed by atoms with Gasteiger partial charge in [0.2, 0.25) is 11.8 Å². The summed E-state index contributed by atoms with van der Waals surface area (Å²) in [6.07, 6.45) is 11.0. The minimum Gasteiger partial charge on any atom is -0.463 e. The molecule has 0 bridgehead atoms. The number of aliphatic hydroxyl groups is 1. The molecular formula is C29H42N2O6. The molecule has 2 aliphatic rings. The molecule has 0 unspecified atom stereocenters. The normalized spacial score (nSPS) is 22.7. The summed E-state index contributed by atoms with van der Waals surface area (Å²) in [5, 5.41) is 14.7. The number of carbonyl (C=O) groups is 3. The van der Waals surface area contributed by atoms with Crippen molar-refractivity contribution in [2.45, 2.75) is 69.7 Å². The van der Waals surface area contributed by atoms with E-state index >= 15 is 0 Å². The van der Waals surface area contributed by atoms with Crippen molar-refractivity contribution in [2.75, 3.05) is 33.0 Å². The third kappa shape index (κ3) is 9.93. The zero-order valence-corrected chi connectivity index (χ0v) is 21.8. The zero-order valence-electron chi connectivity index (χ0n) is 21.8. The standard InChI is InChI=1S/C29H42N2O6/c32-17-19-36-18-16-30-26(33)21-24-12-6-1-2-7-13-25(20-23-10-4-3-5-11-23)28(35)37-22-29(31-27(24)34)14-8-9-15-29/h1,3-6,10-11,24-25,32H,2,7-9,12-22H2,(H,30,33)(H,31,34)/t24-,25-/m1/s1. The van der Waals surface area contributed by atoms with Crippen LogP contribution in [0.25, 0.3) is 0 Å². The summed E-state index contributed by atoms with van der Waals surface area (Å²) < 4.78 is 11.1. The molecule has 1 fully saturated rings. The molecule has 1 spiro atoms. The molecule has 2 atom stereocenters. The van der Waals surface area contributed by atoms with Crippen LogP contribution in [0.15, 0.2) is 42.5 Å². The van der Waals surface area contributed by atoms with Crippen molar-refractivity contribution in [1.29, 1.82) is 0 Å². The minimum absolute atomic E-state index is 0.0622. The van der Waals surface area contributed by atoms with Gasteiger partial charge in [0.15, 0.2) is 0 Å². The Morgan fingerprint density at radius 2 is 1.86 bits per heavy atom. The first kappa shape index (κ1) is 28.9. The fourth-order valence-corrected chi connectivity index (χ4v) is 5.12. The van der Waals surface area contributed by atoms with Crippen LogP contribution in [0, 0.1) is 11.8 Å². The van der Waals surface area contributed by atoms with Crippen LogP contribution in [0.4, 0.5) is 0 Å². The van der Waals surface area contributed by atoms with Gasteiger partial charge >= 0.3 is 5.97 Å². The summed E-state index contributed by atoms with van der Waals surface area (Å²) in [4.78, 5) is 39.0. The largest absolute Gasteiger partial charge is 0.463 e. The average Bonchev–Trinajstić information content (AvgIpc) is 3.36. The summed E-state index contributed by atoms with van der Waals surface area (Å²) in [7, 11) is 0. The van der Waals surface area contributed by atoms with Crippen molar-refractivity contribution < 1.29 is 29.0 Å². The van der Waals surface area contributed by atoms with Gasteiger partial charge in [-0.3, -0.25) is 14.4 Å². The van der Waals surface area contributed by atoms with E-state index in [9.17, 15) is 14.4 Å². The summed E-state index contributed by atoms with van der Waals surface area (Å²) in [5.41, 5.74) is 0.538. The number of ether oxygens (including phenoxy) is 2. The molecule has 2 amide bonds. The Labute approximate surface area is 220 Å². The molecular weight excluding hydrogens is 472 g/mol. The van der Waals surface area contributed by atoms with E-state index in [1.54, 1.807) is 0 Å². The van der Waals surface area contributed by atoms with Crippen LogP contribution in [-0.4, -0.2) is 61.4 Å². The molecule has 1 aliphatic heterocycles. The van der Waals surface area contributed by atoms with Crippen LogP contribution in [0.3, 0.4) is 0 Å². The highest BCUT2D eigenvalue weighted by Crippen LogP contribution is 2.31. The van der Waals surface area contributed by atoms with Crippen molar-refractivity contribution in [3.05, 3.63) is 48.0 Å². The lowest BCUT2D eigenvalue weighted by molar-refractivity contribution is -0.152. The van der Waals surface area contributed by atoms with Crippen LogP contribution >= 0.6 is 0 Å². The molecule has 3 N–H and O–H groups in total. The molecule has 0 radical (unpaired) electrons. The number of hydrogen-bond acceptors (Lipinski definition) is 6. The maximum Gasteiger partial charge on any atom is 0.309 e. The van der Waals surface area contributed by atoms with Gasteiger partial charge in [-0.1, -0.05) is 55.3 Å². The lowest BCUT2D eigenvalue weighted by atomic mass is 9.92. The van der Waals surface area contributed by atoms with Crippen LogP contribution in [0.1, 0.15) is 63.4 Å². The van der Waals surface area contributed by atoms with Gasteiger partial charge in [0, 0.05) is 13.0 Å². The van der Waals surface area contributed by atoms with Gasteiger partial charge in [-0.15, -0.1) is 0 Å². The zero-order chi connectivity index (χ0) is 26.3. The Balaban J connectivity index is 1.66. The van der Waals surface area contributed by atoms with E-state index in [-0.39, 0.29) is 49.9 Å². The van der Waals surface area contributed by atoms with Crippen molar-refractivity contribution in [1.82, 2.24) is 10.6 Å². The van der Waals surface area contributed by atoms with Gasteiger partial charge < -0.3 is 25.2 Å². The Hall–Kier alpha value is -2.71. The van der Waals surface area contributed by atoms with E-state index in [0.29, 0.717) is 26.0 Å². The first-order chi connectivity index (χ1) is 18.0. The quantitative estimate of drug-likeness (QED) is 0.265. The Bertz CT molecular complexity index is 882. The number of nitrogens with one attached hydrogen (secondary N) is 2. The number of carbonyl (C=O) groups excluding carboxylic acids is 3. The molecule has 1 aromatic rings. The summed E-state index contributed by atoms with van der Waals surface area (Å²) >= 11 is 0. The van der Waals surface area contributed by atoms with Gasteiger partial charge in [0.05, 0.1) is 37.2 Å². The Morgan fingerprint density at radius 1 is 1.08 bits per heavy atom.